The summed E-state index contributed by atoms with van der Waals surface area (Å²) < 4.78 is 5.41. The van der Waals surface area contributed by atoms with Gasteiger partial charge in [-0.2, -0.15) is 0 Å². The molecule has 1 aliphatic carbocycles. The Morgan fingerprint density at radius 2 is 1.78 bits per heavy atom. The Balaban J connectivity index is 0.00000361. The van der Waals surface area contributed by atoms with Crippen LogP contribution in [0.15, 0.2) is 40.9 Å². The number of aryl methyl sites for hydroxylation is 2. The lowest BCUT2D eigenvalue weighted by Gasteiger charge is -2.30. The summed E-state index contributed by atoms with van der Waals surface area (Å²) in [7, 11) is 1.87. The van der Waals surface area contributed by atoms with Crippen LogP contribution in [0.1, 0.15) is 29.3 Å². The van der Waals surface area contributed by atoms with Gasteiger partial charge in [0.2, 0.25) is 11.8 Å². The number of carbonyl (C=O) groups is 2. The van der Waals surface area contributed by atoms with Crippen LogP contribution in [-0.4, -0.2) is 67.7 Å². The number of anilines is 1. The molecular formula is C27H36ClN5O3. The van der Waals surface area contributed by atoms with E-state index in [2.05, 4.69) is 27.9 Å². The number of benzene rings is 2. The fourth-order valence-corrected chi connectivity index (χ4v) is 4.75. The highest BCUT2D eigenvalue weighted by molar-refractivity contribution is 5.90. The molecule has 2 aromatic carbocycles. The molecule has 36 heavy (non-hydrogen) atoms. The number of carbonyl (C=O) groups excluding carboxylic acids is 2. The SMILES string of the molecule is CCNCCNC(=O)CN(CC(=O)N(C)C1Cc2ccccc2C1)c1cc2c(C)noc2cc1C.Cl. The zero-order chi connectivity index (χ0) is 24.9. The number of fused-ring (bicyclic) bond motifs is 2. The molecule has 1 heterocycles. The molecule has 0 bridgehead atoms. The first-order chi connectivity index (χ1) is 16.9. The average Bonchev–Trinajstić information content (AvgIpc) is 3.43. The Morgan fingerprint density at radius 3 is 2.44 bits per heavy atom. The van der Waals surface area contributed by atoms with E-state index in [-0.39, 0.29) is 43.4 Å². The first-order valence-electron chi connectivity index (χ1n) is 12.3. The second-order valence-electron chi connectivity index (χ2n) is 9.30. The largest absolute Gasteiger partial charge is 0.356 e. The van der Waals surface area contributed by atoms with Crippen LogP contribution in [0.4, 0.5) is 5.69 Å². The minimum absolute atomic E-state index is 0. The number of rotatable bonds is 10. The Hall–Kier alpha value is -3.10. The van der Waals surface area contributed by atoms with E-state index in [0.29, 0.717) is 18.7 Å². The van der Waals surface area contributed by atoms with Crippen LogP contribution in [0.5, 0.6) is 0 Å². The molecule has 194 valence electrons. The predicted molar refractivity (Wildman–Crippen MR) is 145 cm³/mol. The van der Waals surface area contributed by atoms with Crippen molar-refractivity contribution in [3.63, 3.8) is 0 Å². The fourth-order valence-electron chi connectivity index (χ4n) is 4.75. The van der Waals surface area contributed by atoms with Crippen LogP contribution in [0.25, 0.3) is 11.0 Å². The molecule has 0 atom stereocenters. The van der Waals surface area contributed by atoms with Gasteiger partial charge in [0.15, 0.2) is 5.58 Å². The maximum absolute atomic E-state index is 13.4. The van der Waals surface area contributed by atoms with Gasteiger partial charge in [0.25, 0.3) is 0 Å². The van der Waals surface area contributed by atoms with Crippen LogP contribution in [0.2, 0.25) is 0 Å². The normalized spacial score (nSPS) is 12.8. The van der Waals surface area contributed by atoms with Gasteiger partial charge in [0.1, 0.15) is 0 Å². The van der Waals surface area contributed by atoms with E-state index in [1.165, 1.54) is 11.1 Å². The standard InChI is InChI=1S/C27H35N5O3.ClH/c1-5-28-10-11-29-26(33)16-32(24-15-23-19(3)30-35-25(23)12-18(24)2)17-27(34)31(4)22-13-20-8-6-7-9-21(20)14-22;/h6-9,12,15,22,28H,5,10-11,13-14,16-17H2,1-4H3,(H,29,33);1H. The van der Waals surface area contributed by atoms with Gasteiger partial charge in [-0.15, -0.1) is 12.4 Å². The van der Waals surface area contributed by atoms with Gasteiger partial charge in [0.05, 0.1) is 18.8 Å². The van der Waals surface area contributed by atoms with E-state index in [1.807, 2.05) is 61.9 Å². The maximum atomic E-state index is 13.4. The van der Waals surface area contributed by atoms with Crippen LogP contribution in [-0.2, 0) is 22.4 Å². The molecule has 0 aliphatic heterocycles. The predicted octanol–water partition coefficient (Wildman–Crippen LogP) is 3.02. The number of nitrogens with one attached hydrogen (secondary N) is 2. The van der Waals surface area contributed by atoms with E-state index in [9.17, 15) is 9.59 Å². The van der Waals surface area contributed by atoms with Gasteiger partial charge >= 0.3 is 0 Å². The molecule has 0 unspecified atom stereocenters. The highest BCUT2D eigenvalue weighted by Crippen LogP contribution is 2.29. The van der Waals surface area contributed by atoms with Crippen LogP contribution in [0.3, 0.4) is 0 Å². The number of aromatic nitrogens is 1. The van der Waals surface area contributed by atoms with Crippen molar-refractivity contribution in [3.8, 4) is 0 Å². The van der Waals surface area contributed by atoms with Crippen LogP contribution >= 0.6 is 12.4 Å². The molecule has 4 rings (SSSR count). The number of nitrogens with zero attached hydrogens (tertiary/aromatic N) is 3. The van der Waals surface area contributed by atoms with Crippen molar-refractivity contribution in [2.24, 2.45) is 0 Å². The minimum atomic E-state index is -0.117. The highest BCUT2D eigenvalue weighted by Gasteiger charge is 2.29. The second kappa shape index (κ2) is 12.2. The van der Waals surface area contributed by atoms with E-state index in [4.69, 9.17) is 4.52 Å². The Kier molecular flexibility index (Phi) is 9.34. The first-order valence-corrected chi connectivity index (χ1v) is 12.3. The molecular weight excluding hydrogens is 478 g/mol. The van der Waals surface area contributed by atoms with Crippen molar-refractivity contribution >= 4 is 40.9 Å². The van der Waals surface area contributed by atoms with Crippen molar-refractivity contribution in [1.29, 1.82) is 0 Å². The molecule has 2 N–H and O–H groups in total. The minimum Gasteiger partial charge on any atom is -0.356 e. The van der Waals surface area contributed by atoms with Crippen molar-refractivity contribution in [3.05, 3.63) is 58.8 Å². The molecule has 9 heteroatoms. The summed E-state index contributed by atoms with van der Waals surface area (Å²) in [5.74, 6) is -0.127. The summed E-state index contributed by atoms with van der Waals surface area (Å²) in [6, 6.07) is 12.4. The lowest BCUT2D eigenvalue weighted by Crippen LogP contribution is -2.47. The smallest absolute Gasteiger partial charge is 0.242 e. The monoisotopic (exact) mass is 513 g/mol. The summed E-state index contributed by atoms with van der Waals surface area (Å²) in [6.07, 6.45) is 1.71. The molecule has 1 aliphatic rings. The lowest BCUT2D eigenvalue weighted by atomic mass is 10.1. The lowest BCUT2D eigenvalue weighted by molar-refractivity contribution is -0.130. The molecule has 0 saturated carbocycles. The Labute approximate surface area is 218 Å². The van der Waals surface area contributed by atoms with Crippen molar-refractivity contribution < 1.29 is 14.1 Å². The zero-order valence-electron chi connectivity index (χ0n) is 21.5. The highest BCUT2D eigenvalue weighted by atomic mass is 35.5. The molecule has 2 amide bonds. The zero-order valence-corrected chi connectivity index (χ0v) is 22.3. The molecule has 0 saturated heterocycles. The fraction of sp³-hybridized carbons (Fsp3) is 0.444. The first kappa shape index (κ1) is 27.5. The Morgan fingerprint density at radius 1 is 1.08 bits per heavy atom. The molecule has 3 aromatic rings. The summed E-state index contributed by atoms with van der Waals surface area (Å²) in [4.78, 5) is 30.0. The van der Waals surface area contributed by atoms with Crippen LogP contribution in [0, 0.1) is 13.8 Å². The van der Waals surface area contributed by atoms with Crippen molar-refractivity contribution in [1.82, 2.24) is 20.7 Å². The maximum Gasteiger partial charge on any atom is 0.242 e. The van der Waals surface area contributed by atoms with Gasteiger partial charge in [-0.05, 0) is 62.1 Å². The number of likely N-dealkylation sites (N-methyl/N-ethyl adjacent to an activating group) is 2. The number of halogens is 1. The third kappa shape index (κ3) is 6.17. The summed E-state index contributed by atoms with van der Waals surface area (Å²) >= 11 is 0. The third-order valence-corrected chi connectivity index (χ3v) is 6.81. The quantitative estimate of drug-likeness (QED) is 0.405. The van der Waals surface area contributed by atoms with Gasteiger partial charge < -0.3 is 25.0 Å². The van der Waals surface area contributed by atoms with Crippen LogP contribution < -0.4 is 15.5 Å². The van der Waals surface area contributed by atoms with E-state index >= 15 is 0 Å². The third-order valence-electron chi connectivity index (χ3n) is 6.81. The van der Waals surface area contributed by atoms with Gasteiger partial charge in [-0.3, -0.25) is 9.59 Å². The van der Waals surface area contributed by atoms with Gasteiger partial charge in [-0.25, -0.2) is 0 Å². The summed E-state index contributed by atoms with van der Waals surface area (Å²) in [5, 5.41) is 11.1. The Bertz CT molecular complexity index is 1190. The molecule has 0 fully saturated rings. The second-order valence-corrected chi connectivity index (χ2v) is 9.30. The molecule has 0 radical (unpaired) electrons. The topological polar surface area (TPSA) is 90.7 Å². The summed E-state index contributed by atoms with van der Waals surface area (Å²) in [5.41, 5.74) is 5.85. The molecule has 1 aromatic heterocycles. The van der Waals surface area contributed by atoms with Gasteiger partial charge in [0, 0.05) is 37.3 Å². The van der Waals surface area contributed by atoms with Crippen molar-refractivity contribution in [2.75, 3.05) is 44.7 Å². The number of hydrogen-bond acceptors (Lipinski definition) is 6. The number of hydrogen-bond donors (Lipinski definition) is 2. The van der Waals surface area contributed by atoms with Gasteiger partial charge in [-0.1, -0.05) is 36.3 Å². The van der Waals surface area contributed by atoms with E-state index in [1.54, 1.807) is 0 Å². The average molecular weight is 514 g/mol. The molecule has 8 nitrogen and oxygen atoms in total. The van der Waals surface area contributed by atoms with E-state index in [0.717, 1.165) is 41.7 Å². The van der Waals surface area contributed by atoms with E-state index < -0.39 is 0 Å². The van der Waals surface area contributed by atoms with Crippen molar-refractivity contribution in [2.45, 2.75) is 39.7 Å². The number of amides is 2. The molecule has 0 spiro atoms. The summed E-state index contributed by atoms with van der Waals surface area (Å²) in [6.45, 7) is 8.18.